The van der Waals surface area contributed by atoms with E-state index in [0.29, 0.717) is 22.8 Å². The predicted molar refractivity (Wildman–Crippen MR) is 181 cm³/mol. The normalized spacial score (nSPS) is 11.1. The Bertz CT molecular complexity index is 2460. The molecule has 0 aliphatic carbocycles. The number of nitro groups is 1. The zero-order chi connectivity index (χ0) is 36.0. The summed E-state index contributed by atoms with van der Waals surface area (Å²) in [7, 11) is -2.22. The van der Waals surface area contributed by atoms with Crippen LogP contribution in [0.2, 0.25) is 0 Å². The maximum Gasteiger partial charge on any atom is 1.00 e. The van der Waals surface area contributed by atoms with Gasteiger partial charge in [-0.05, 0) is 48.7 Å². The molecule has 0 unspecified atom stereocenters. The third kappa shape index (κ3) is 9.36. The Morgan fingerprint density at radius 1 is 0.808 bits per heavy atom. The minimum atomic E-state index is -3.61. The number of nitrogens with zero attached hydrogens (tertiary/aromatic N) is 6. The second kappa shape index (κ2) is 17.8. The molecular formula is C33H28CoN9NaO7S. The number of rotatable bonds is 8. The molecule has 6 rings (SSSR count). The van der Waals surface area contributed by atoms with Crippen molar-refractivity contribution in [3.05, 3.63) is 129 Å². The molecule has 0 fully saturated rings. The van der Waals surface area contributed by atoms with Gasteiger partial charge in [0.2, 0.25) is 0 Å². The number of hydrogen-bond acceptors (Lipinski definition) is 12. The molecule has 6 aromatic rings. The first-order valence-electron chi connectivity index (χ1n) is 14.7. The second-order valence-electron chi connectivity index (χ2n) is 10.5. The molecule has 0 aliphatic rings. The van der Waals surface area contributed by atoms with E-state index in [1.807, 2.05) is 36.4 Å². The molecule has 0 atom stereocenters. The fraction of sp³-hybridized carbons (Fsp3) is 0.0606. The Morgan fingerprint density at radius 3 is 2.13 bits per heavy atom. The van der Waals surface area contributed by atoms with Crippen molar-refractivity contribution in [2.75, 3.05) is 12.8 Å². The number of fused-ring (bicyclic) bond motifs is 1. The number of para-hydroxylation sites is 1. The Labute approximate surface area is 328 Å². The van der Waals surface area contributed by atoms with E-state index in [-0.39, 0.29) is 74.0 Å². The van der Waals surface area contributed by atoms with Crippen molar-refractivity contribution in [2.45, 2.75) is 11.8 Å². The standard InChI is InChI=1S/C17H17N5O4S.C16H12N4O3.Co.Na/c1-11-16(17(24)22(21-11)12-6-4-3-5-7-12)20-19-14-10-13(8-9-15(14)23)27(25,26)18-2;17-13-7-5-10-3-1-2-4-12(10)16(13)19-18-14-8-6-11(20(22)23)9-15(14)21;;/h3-10,18,21,23H,1-2H3;1-9,21H,17H2;;/q;;;+1/p-1. The molecule has 52 heavy (non-hydrogen) atoms. The van der Waals surface area contributed by atoms with Crippen LogP contribution in [0.4, 0.5) is 34.1 Å². The summed E-state index contributed by atoms with van der Waals surface area (Å²) in [6, 6.07) is 26.9. The number of aromatic amines is 1. The molecule has 0 saturated carbocycles. The molecule has 16 nitrogen and oxygen atoms in total. The van der Waals surface area contributed by atoms with Gasteiger partial charge in [0.25, 0.3) is 11.2 Å². The molecule has 5 N–H and O–H groups in total. The topological polar surface area (TPSA) is 253 Å². The van der Waals surface area contributed by atoms with Crippen LogP contribution in [0.1, 0.15) is 5.69 Å². The second-order valence-corrected chi connectivity index (χ2v) is 12.5. The Kier molecular flexibility index (Phi) is 14.1. The first kappa shape index (κ1) is 41.2. The van der Waals surface area contributed by atoms with Crippen LogP contribution in [-0.4, -0.2) is 30.2 Å². The molecule has 1 heterocycles. The van der Waals surface area contributed by atoms with Crippen LogP contribution in [0.5, 0.6) is 11.5 Å². The summed E-state index contributed by atoms with van der Waals surface area (Å²) in [5.41, 5.74) is 7.09. The van der Waals surface area contributed by atoms with E-state index in [2.05, 4.69) is 25.6 Å². The number of H-pyrrole nitrogens is 1. The van der Waals surface area contributed by atoms with Gasteiger partial charge < -0.3 is 15.9 Å². The molecule has 0 aliphatic heterocycles. The van der Waals surface area contributed by atoms with Gasteiger partial charge in [0.15, 0.2) is 5.69 Å². The number of nitrogens with two attached hydrogens (primary N) is 2. The molecule has 0 amide bonds. The van der Waals surface area contributed by atoms with Gasteiger partial charge in [0, 0.05) is 34.3 Å². The minimum Gasteiger partial charge on any atom is -0.871 e. The summed E-state index contributed by atoms with van der Waals surface area (Å²) in [6.45, 7) is 1.65. The van der Waals surface area contributed by atoms with Crippen molar-refractivity contribution in [1.82, 2.24) is 9.78 Å². The number of hydrogen-bond donors (Lipinski definition) is 3. The molecule has 5 aromatic carbocycles. The van der Waals surface area contributed by atoms with Gasteiger partial charge in [-0.1, -0.05) is 66.1 Å². The van der Waals surface area contributed by atoms with Gasteiger partial charge in [-0.25, -0.2) is 9.40 Å². The van der Waals surface area contributed by atoms with Crippen LogP contribution >= 0.6 is 0 Å². The average molecular weight is 777 g/mol. The van der Waals surface area contributed by atoms with Crippen LogP contribution in [0.3, 0.4) is 0 Å². The van der Waals surface area contributed by atoms with Crippen molar-refractivity contribution in [3.63, 3.8) is 0 Å². The van der Waals surface area contributed by atoms with Crippen LogP contribution in [0.15, 0.2) is 133 Å². The number of quaternary nitrogens is 1. The Morgan fingerprint density at radius 2 is 1.46 bits per heavy atom. The van der Waals surface area contributed by atoms with E-state index in [9.17, 15) is 33.5 Å². The van der Waals surface area contributed by atoms with Crippen molar-refractivity contribution in [1.29, 1.82) is 0 Å². The first-order valence-corrected chi connectivity index (χ1v) is 16.2. The van der Waals surface area contributed by atoms with Gasteiger partial charge >= 0.3 is 39.6 Å². The Hall–Kier alpha value is -5.21. The number of sulfonamides is 1. The third-order valence-electron chi connectivity index (χ3n) is 7.23. The number of nitrogen functional groups attached to an aromatic ring is 1. The number of nitrogens with one attached hydrogen (secondary N) is 1. The zero-order valence-electron chi connectivity index (χ0n) is 27.8. The predicted octanol–water partition coefficient (Wildman–Crippen LogP) is 1.67. The molecule has 1 aromatic heterocycles. The summed E-state index contributed by atoms with van der Waals surface area (Å²) < 4.78 is 26.2. The maximum atomic E-state index is 12.6. The quantitative estimate of drug-likeness (QED) is 0.0672. The number of azo groups is 2. The van der Waals surface area contributed by atoms with Crippen LogP contribution in [0, 0.1) is 17.0 Å². The van der Waals surface area contributed by atoms with Gasteiger partial charge in [-0.3, -0.25) is 20.0 Å². The maximum absolute atomic E-state index is 12.6. The van der Waals surface area contributed by atoms with Gasteiger partial charge in [-0.2, -0.15) is 18.6 Å². The fourth-order valence-electron chi connectivity index (χ4n) is 4.59. The SMILES string of the molecule is C[NH2+]S(=O)(=O)c1ccc([O-])c(N=Nc2c(C)[nH]n(-c3ccccc3)c2=O)c1.Nc1ccc2ccccc2c1N=Nc1ccc([N+](=O)[O-])cc1[O-].[Co].[Na+]. The molecular weight excluding hydrogens is 748 g/mol. The van der Waals surface area contributed by atoms with Crippen LogP contribution < -0.4 is 55.8 Å². The summed E-state index contributed by atoms with van der Waals surface area (Å²) in [5.74, 6) is -1.06. The number of nitro benzene ring substituents is 1. The smallest absolute Gasteiger partial charge is 0.871 e. The molecule has 263 valence electrons. The fourth-order valence-corrected chi connectivity index (χ4v) is 5.40. The van der Waals surface area contributed by atoms with Crippen molar-refractivity contribution >= 4 is 54.9 Å². The van der Waals surface area contributed by atoms with Crippen molar-refractivity contribution in [2.24, 2.45) is 20.5 Å². The number of aryl methyl sites for hydroxylation is 1. The Balaban J connectivity index is 0.000000273. The zero-order valence-corrected chi connectivity index (χ0v) is 31.6. The van der Waals surface area contributed by atoms with Gasteiger partial charge in [0.05, 0.1) is 40.4 Å². The van der Waals surface area contributed by atoms with Crippen molar-refractivity contribution in [3.8, 4) is 17.2 Å². The summed E-state index contributed by atoms with van der Waals surface area (Å²) >= 11 is 0. The summed E-state index contributed by atoms with van der Waals surface area (Å²) in [5, 5.41) is 54.7. The number of benzene rings is 5. The van der Waals surface area contributed by atoms with Crippen molar-refractivity contribution < 1.29 is 74.6 Å². The number of primary sulfonamides is 1. The van der Waals surface area contributed by atoms with E-state index in [4.69, 9.17) is 5.73 Å². The summed E-state index contributed by atoms with van der Waals surface area (Å²) in [4.78, 5) is 22.5. The molecule has 0 bridgehead atoms. The molecule has 1 radical (unpaired) electrons. The number of aromatic nitrogens is 2. The van der Waals surface area contributed by atoms with Gasteiger partial charge in [0.1, 0.15) is 10.6 Å². The molecule has 0 saturated heterocycles. The molecule has 0 spiro atoms. The first-order chi connectivity index (χ1) is 23.9. The van der Waals surface area contributed by atoms with E-state index >= 15 is 0 Å². The largest absolute Gasteiger partial charge is 1.00 e. The molecule has 19 heteroatoms. The van der Waals surface area contributed by atoms with E-state index in [1.54, 1.807) is 37.3 Å². The van der Waals surface area contributed by atoms with Crippen LogP contribution in [0.25, 0.3) is 16.5 Å². The number of anilines is 1. The van der Waals surface area contributed by atoms with E-state index < -0.39 is 32.0 Å². The monoisotopic (exact) mass is 776 g/mol. The third-order valence-corrected chi connectivity index (χ3v) is 8.76. The summed E-state index contributed by atoms with van der Waals surface area (Å²) in [6.07, 6.45) is 0. The van der Waals surface area contributed by atoms with E-state index in [0.717, 1.165) is 33.7 Å². The van der Waals surface area contributed by atoms with Gasteiger partial charge in [-0.15, -0.1) is 10.2 Å². The number of non-ortho nitro benzene ring substituents is 1. The van der Waals surface area contributed by atoms with Crippen LogP contribution in [-0.2, 0) is 26.8 Å². The van der Waals surface area contributed by atoms with E-state index in [1.165, 1.54) is 29.9 Å². The minimum absolute atomic E-state index is 0. The average Bonchev–Trinajstić information content (AvgIpc) is 3.40.